The molecule has 0 aliphatic carbocycles. The lowest BCUT2D eigenvalue weighted by atomic mass is 10.2. The van der Waals surface area contributed by atoms with Crippen molar-refractivity contribution in [3.05, 3.63) is 58.9 Å². The van der Waals surface area contributed by atoms with Crippen LogP contribution in [0.15, 0.2) is 42.7 Å². The minimum Gasteiger partial charge on any atom is -0.338 e. The fraction of sp³-hybridized carbons (Fsp3) is 0.200. The Bertz CT molecular complexity index is 587. The van der Waals surface area contributed by atoms with Crippen LogP contribution < -0.4 is 10.6 Å². The number of carbonyl (C=O) groups is 1. The quantitative estimate of drug-likeness (QED) is 0.906. The number of halogens is 1. The van der Waals surface area contributed by atoms with Crippen molar-refractivity contribution in [2.24, 2.45) is 0 Å². The molecular formula is C15H16ClN3O. The monoisotopic (exact) mass is 289 g/mol. The van der Waals surface area contributed by atoms with Gasteiger partial charge in [0, 0.05) is 29.6 Å². The summed E-state index contributed by atoms with van der Waals surface area (Å²) in [6, 6.07) is 9.04. The first-order valence-corrected chi connectivity index (χ1v) is 6.73. The minimum atomic E-state index is -0.242. The molecule has 0 bridgehead atoms. The Balaban J connectivity index is 1.79. The zero-order chi connectivity index (χ0) is 14.4. The fourth-order valence-corrected chi connectivity index (χ4v) is 1.89. The lowest BCUT2D eigenvalue weighted by Crippen LogP contribution is -2.30. The lowest BCUT2D eigenvalue weighted by molar-refractivity contribution is 0.252. The SMILES string of the molecule is Cc1ccc(NC(=O)NCCc2cccnc2)cc1Cl. The zero-order valence-electron chi connectivity index (χ0n) is 11.2. The van der Waals surface area contributed by atoms with Crippen LogP contribution in [-0.4, -0.2) is 17.6 Å². The van der Waals surface area contributed by atoms with Gasteiger partial charge in [0.2, 0.25) is 0 Å². The van der Waals surface area contributed by atoms with Crippen LogP contribution in [0.25, 0.3) is 0 Å². The number of anilines is 1. The highest BCUT2D eigenvalue weighted by Gasteiger charge is 2.03. The highest BCUT2D eigenvalue weighted by molar-refractivity contribution is 6.31. The van der Waals surface area contributed by atoms with Crippen LogP contribution in [0.2, 0.25) is 5.02 Å². The van der Waals surface area contributed by atoms with Crippen LogP contribution in [0, 0.1) is 6.92 Å². The van der Waals surface area contributed by atoms with Crippen LogP contribution in [0.4, 0.5) is 10.5 Å². The first kappa shape index (κ1) is 14.3. The molecule has 0 aliphatic heterocycles. The minimum absolute atomic E-state index is 0.242. The third kappa shape index (κ3) is 4.24. The molecule has 0 unspecified atom stereocenters. The van der Waals surface area contributed by atoms with E-state index in [1.807, 2.05) is 31.2 Å². The number of carbonyl (C=O) groups excluding carboxylic acids is 1. The smallest absolute Gasteiger partial charge is 0.319 e. The molecule has 0 radical (unpaired) electrons. The summed E-state index contributed by atoms with van der Waals surface area (Å²) in [5, 5.41) is 6.18. The summed E-state index contributed by atoms with van der Waals surface area (Å²) in [5.74, 6) is 0. The van der Waals surface area contributed by atoms with Crippen LogP contribution in [0.5, 0.6) is 0 Å². The van der Waals surface area contributed by atoms with Gasteiger partial charge in [0.05, 0.1) is 0 Å². The van der Waals surface area contributed by atoms with E-state index in [2.05, 4.69) is 15.6 Å². The van der Waals surface area contributed by atoms with Gasteiger partial charge < -0.3 is 10.6 Å². The van der Waals surface area contributed by atoms with Crippen molar-refractivity contribution in [2.75, 3.05) is 11.9 Å². The van der Waals surface area contributed by atoms with Crippen molar-refractivity contribution in [2.45, 2.75) is 13.3 Å². The summed E-state index contributed by atoms with van der Waals surface area (Å²) >= 11 is 6.00. The van der Waals surface area contributed by atoms with Gasteiger partial charge in [-0.15, -0.1) is 0 Å². The summed E-state index contributed by atoms with van der Waals surface area (Å²) in [7, 11) is 0. The number of nitrogens with zero attached hydrogens (tertiary/aromatic N) is 1. The van der Waals surface area contributed by atoms with Gasteiger partial charge in [-0.3, -0.25) is 4.98 Å². The molecule has 2 rings (SSSR count). The van der Waals surface area contributed by atoms with Crippen molar-refractivity contribution in [1.29, 1.82) is 0 Å². The summed E-state index contributed by atoms with van der Waals surface area (Å²) in [6.07, 6.45) is 4.26. The molecule has 2 aromatic rings. The molecule has 2 amide bonds. The molecule has 0 aliphatic rings. The van der Waals surface area contributed by atoms with Crippen molar-refractivity contribution in [1.82, 2.24) is 10.3 Å². The number of benzene rings is 1. The Morgan fingerprint density at radius 2 is 2.20 bits per heavy atom. The van der Waals surface area contributed by atoms with E-state index in [0.29, 0.717) is 17.3 Å². The van der Waals surface area contributed by atoms with Gasteiger partial charge in [-0.2, -0.15) is 0 Å². The summed E-state index contributed by atoms with van der Waals surface area (Å²) in [4.78, 5) is 15.7. The first-order chi connectivity index (χ1) is 9.65. The van der Waals surface area contributed by atoms with Crippen LogP contribution in [0.1, 0.15) is 11.1 Å². The van der Waals surface area contributed by atoms with Gasteiger partial charge in [0.15, 0.2) is 0 Å². The second kappa shape index (κ2) is 6.91. The van der Waals surface area contributed by atoms with Gasteiger partial charge in [-0.05, 0) is 42.7 Å². The predicted molar refractivity (Wildman–Crippen MR) is 81.2 cm³/mol. The van der Waals surface area contributed by atoms with E-state index >= 15 is 0 Å². The summed E-state index contributed by atoms with van der Waals surface area (Å²) in [5.41, 5.74) is 2.75. The standard InChI is InChI=1S/C15H16ClN3O/c1-11-4-5-13(9-14(11)16)19-15(20)18-8-6-12-3-2-7-17-10-12/h2-5,7,9-10H,6,8H2,1H3,(H2,18,19,20). The molecule has 4 nitrogen and oxygen atoms in total. The number of rotatable bonds is 4. The second-order valence-electron chi connectivity index (χ2n) is 4.46. The number of hydrogen-bond donors (Lipinski definition) is 2. The highest BCUT2D eigenvalue weighted by atomic mass is 35.5. The van der Waals surface area contributed by atoms with Crippen LogP contribution in [-0.2, 0) is 6.42 Å². The van der Waals surface area contributed by atoms with E-state index in [9.17, 15) is 4.79 Å². The predicted octanol–water partition coefficient (Wildman–Crippen LogP) is 3.41. The van der Waals surface area contributed by atoms with Gasteiger partial charge >= 0.3 is 6.03 Å². The molecule has 1 aromatic carbocycles. The third-order valence-corrected chi connectivity index (χ3v) is 3.26. The van der Waals surface area contributed by atoms with Crippen molar-refractivity contribution < 1.29 is 4.79 Å². The van der Waals surface area contributed by atoms with Crippen molar-refractivity contribution in [3.63, 3.8) is 0 Å². The van der Waals surface area contributed by atoms with E-state index in [4.69, 9.17) is 11.6 Å². The molecule has 104 valence electrons. The Hall–Kier alpha value is -2.07. The average Bonchev–Trinajstić information content (AvgIpc) is 2.44. The van der Waals surface area contributed by atoms with E-state index in [1.165, 1.54) is 0 Å². The molecule has 1 aromatic heterocycles. The Kier molecular flexibility index (Phi) is 4.96. The Morgan fingerprint density at radius 3 is 2.90 bits per heavy atom. The maximum atomic E-state index is 11.7. The molecule has 0 atom stereocenters. The average molecular weight is 290 g/mol. The topological polar surface area (TPSA) is 54.0 Å². The lowest BCUT2D eigenvalue weighted by Gasteiger charge is -2.08. The molecule has 0 fully saturated rings. The van der Waals surface area contributed by atoms with Crippen LogP contribution in [0.3, 0.4) is 0 Å². The number of aromatic nitrogens is 1. The second-order valence-corrected chi connectivity index (χ2v) is 4.86. The number of aryl methyl sites for hydroxylation is 1. The highest BCUT2D eigenvalue weighted by Crippen LogP contribution is 2.19. The molecule has 0 saturated heterocycles. The largest absolute Gasteiger partial charge is 0.338 e. The molecule has 20 heavy (non-hydrogen) atoms. The van der Waals surface area contributed by atoms with E-state index < -0.39 is 0 Å². The maximum absolute atomic E-state index is 11.7. The van der Waals surface area contributed by atoms with Crippen LogP contribution >= 0.6 is 11.6 Å². The maximum Gasteiger partial charge on any atom is 0.319 e. The normalized spacial score (nSPS) is 10.1. The third-order valence-electron chi connectivity index (χ3n) is 2.85. The summed E-state index contributed by atoms with van der Waals surface area (Å²) in [6.45, 7) is 2.47. The molecule has 0 saturated carbocycles. The number of nitrogens with one attached hydrogen (secondary N) is 2. The van der Waals surface area contributed by atoms with Gasteiger partial charge in [0.1, 0.15) is 0 Å². The first-order valence-electron chi connectivity index (χ1n) is 6.35. The van der Waals surface area contributed by atoms with Gasteiger partial charge in [0.25, 0.3) is 0 Å². The van der Waals surface area contributed by atoms with Gasteiger partial charge in [-0.1, -0.05) is 23.7 Å². The Morgan fingerprint density at radius 1 is 1.35 bits per heavy atom. The number of amides is 2. The van der Waals surface area contributed by atoms with E-state index in [-0.39, 0.29) is 6.03 Å². The molecule has 0 spiro atoms. The van der Waals surface area contributed by atoms with E-state index in [0.717, 1.165) is 17.5 Å². The fourth-order valence-electron chi connectivity index (χ4n) is 1.71. The van der Waals surface area contributed by atoms with E-state index in [1.54, 1.807) is 18.5 Å². The number of pyridine rings is 1. The number of urea groups is 1. The molecule has 2 N–H and O–H groups in total. The molecular weight excluding hydrogens is 274 g/mol. The molecule has 5 heteroatoms. The van der Waals surface area contributed by atoms with Gasteiger partial charge in [-0.25, -0.2) is 4.79 Å². The number of hydrogen-bond acceptors (Lipinski definition) is 2. The Labute approximate surface area is 123 Å². The zero-order valence-corrected chi connectivity index (χ0v) is 11.9. The molecule has 1 heterocycles. The van der Waals surface area contributed by atoms with Crippen molar-refractivity contribution in [3.8, 4) is 0 Å². The van der Waals surface area contributed by atoms with Crippen molar-refractivity contribution >= 4 is 23.3 Å². The summed E-state index contributed by atoms with van der Waals surface area (Å²) < 4.78 is 0.